The average Bonchev–Trinajstić information content (AvgIpc) is 3.30. The largest absolute Gasteiger partial charge is 0.493 e. The molecule has 1 aliphatic heterocycles. The lowest BCUT2D eigenvalue weighted by Crippen LogP contribution is -2.42. The number of ether oxygens (including phenoxy) is 2. The number of likely N-dealkylation sites (tertiary alicyclic amines) is 1. The standard InChI is InChI=1S/C23H22N4O5/c1-31-20-6-4-16(10-21(20)32-2)12-26-22(29)18-9-15(11-24)3-5-19(18)27(23(26)30)17-7-8-25(13-17)14-28/h3-6,9-10,14,17H,7-8,12-13H2,1-2H3. The highest BCUT2D eigenvalue weighted by Crippen LogP contribution is 2.28. The SMILES string of the molecule is COc1ccc(Cn2c(=O)c3cc(C#N)ccc3n(C3CCN(C=O)C3)c2=O)cc1OC. The van der Waals surface area contributed by atoms with E-state index in [0.717, 1.165) is 11.0 Å². The smallest absolute Gasteiger partial charge is 0.332 e. The number of amides is 1. The number of hydrogen-bond donors (Lipinski definition) is 0. The Hall–Kier alpha value is -4.06. The Morgan fingerprint density at radius 3 is 2.56 bits per heavy atom. The van der Waals surface area contributed by atoms with Crippen LogP contribution in [0.25, 0.3) is 10.9 Å². The monoisotopic (exact) mass is 434 g/mol. The van der Waals surface area contributed by atoms with Gasteiger partial charge in [0.1, 0.15) is 0 Å². The molecule has 1 fully saturated rings. The first-order chi connectivity index (χ1) is 15.5. The molecule has 0 bridgehead atoms. The van der Waals surface area contributed by atoms with Crippen LogP contribution >= 0.6 is 0 Å². The van der Waals surface area contributed by atoms with Crippen LogP contribution in [0.1, 0.15) is 23.6 Å². The van der Waals surface area contributed by atoms with Gasteiger partial charge in [0.25, 0.3) is 5.56 Å². The molecule has 1 amide bonds. The Morgan fingerprint density at radius 1 is 1.12 bits per heavy atom. The number of nitriles is 1. The van der Waals surface area contributed by atoms with Crippen LogP contribution in [0.4, 0.5) is 0 Å². The second-order valence-corrected chi connectivity index (χ2v) is 7.62. The highest BCUT2D eigenvalue weighted by atomic mass is 16.5. The van der Waals surface area contributed by atoms with E-state index in [9.17, 15) is 19.6 Å². The van der Waals surface area contributed by atoms with Crippen molar-refractivity contribution in [3.63, 3.8) is 0 Å². The molecule has 1 aromatic heterocycles. The van der Waals surface area contributed by atoms with Gasteiger partial charge in [-0.1, -0.05) is 6.07 Å². The number of carbonyl (C=O) groups excluding carboxylic acids is 1. The predicted molar refractivity (Wildman–Crippen MR) is 117 cm³/mol. The number of rotatable bonds is 6. The molecule has 1 saturated heterocycles. The molecule has 1 atom stereocenters. The van der Waals surface area contributed by atoms with Gasteiger partial charge >= 0.3 is 5.69 Å². The predicted octanol–water partition coefficient (Wildman–Crippen LogP) is 1.50. The van der Waals surface area contributed by atoms with E-state index in [0.29, 0.717) is 47.7 Å². The highest BCUT2D eigenvalue weighted by molar-refractivity contribution is 5.80. The lowest BCUT2D eigenvalue weighted by Gasteiger charge is -2.19. The summed E-state index contributed by atoms with van der Waals surface area (Å²) < 4.78 is 13.3. The maximum absolute atomic E-state index is 13.5. The first-order valence-corrected chi connectivity index (χ1v) is 10.1. The van der Waals surface area contributed by atoms with E-state index >= 15 is 0 Å². The fourth-order valence-electron chi connectivity index (χ4n) is 4.18. The minimum Gasteiger partial charge on any atom is -0.493 e. The molecule has 32 heavy (non-hydrogen) atoms. The van der Waals surface area contributed by atoms with E-state index in [2.05, 4.69) is 0 Å². The van der Waals surface area contributed by atoms with Crippen molar-refractivity contribution in [3.8, 4) is 17.6 Å². The molecule has 4 rings (SSSR count). The number of aromatic nitrogens is 2. The third-order valence-corrected chi connectivity index (χ3v) is 5.80. The third kappa shape index (κ3) is 3.60. The van der Waals surface area contributed by atoms with E-state index in [-0.39, 0.29) is 18.0 Å². The van der Waals surface area contributed by atoms with Crippen molar-refractivity contribution in [2.75, 3.05) is 27.3 Å². The minimum absolute atomic E-state index is 0.0227. The van der Waals surface area contributed by atoms with Gasteiger partial charge in [0.15, 0.2) is 11.5 Å². The van der Waals surface area contributed by atoms with Crippen LogP contribution in [0.5, 0.6) is 11.5 Å². The molecule has 0 spiro atoms. The number of methoxy groups -OCH3 is 2. The zero-order valence-corrected chi connectivity index (χ0v) is 17.8. The van der Waals surface area contributed by atoms with Crippen LogP contribution in [-0.4, -0.2) is 47.8 Å². The molecule has 9 heteroatoms. The fourth-order valence-corrected chi connectivity index (χ4v) is 4.18. The van der Waals surface area contributed by atoms with Gasteiger partial charge in [-0.2, -0.15) is 5.26 Å². The molecule has 1 aliphatic rings. The Labute approximate surface area is 183 Å². The van der Waals surface area contributed by atoms with Crippen molar-refractivity contribution in [1.29, 1.82) is 5.26 Å². The Bertz CT molecular complexity index is 1350. The zero-order valence-electron chi connectivity index (χ0n) is 17.8. The van der Waals surface area contributed by atoms with E-state index in [1.54, 1.807) is 39.8 Å². The maximum atomic E-state index is 13.5. The normalized spacial score (nSPS) is 15.5. The molecule has 2 heterocycles. The van der Waals surface area contributed by atoms with Crippen LogP contribution in [-0.2, 0) is 11.3 Å². The lowest BCUT2D eigenvalue weighted by molar-refractivity contribution is -0.117. The van der Waals surface area contributed by atoms with Crippen LogP contribution in [0.3, 0.4) is 0 Å². The van der Waals surface area contributed by atoms with Crippen LogP contribution in [0.15, 0.2) is 46.0 Å². The van der Waals surface area contributed by atoms with Crippen molar-refractivity contribution < 1.29 is 14.3 Å². The summed E-state index contributed by atoms with van der Waals surface area (Å²) in [6.07, 6.45) is 1.36. The first-order valence-electron chi connectivity index (χ1n) is 10.1. The van der Waals surface area contributed by atoms with Crippen LogP contribution in [0.2, 0.25) is 0 Å². The van der Waals surface area contributed by atoms with Gasteiger partial charge < -0.3 is 14.4 Å². The van der Waals surface area contributed by atoms with Crippen LogP contribution < -0.4 is 20.7 Å². The summed E-state index contributed by atoms with van der Waals surface area (Å²) in [5, 5.41) is 9.59. The molecule has 3 aromatic rings. The van der Waals surface area contributed by atoms with Gasteiger partial charge in [0.05, 0.1) is 49.3 Å². The molecular weight excluding hydrogens is 412 g/mol. The topological polar surface area (TPSA) is 107 Å². The number of benzene rings is 2. The number of fused-ring (bicyclic) bond motifs is 1. The third-order valence-electron chi connectivity index (χ3n) is 5.80. The molecular formula is C23H22N4O5. The molecule has 1 unspecified atom stereocenters. The Morgan fingerprint density at radius 2 is 1.91 bits per heavy atom. The number of nitrogens with zero attached hydrogens (tertiary/aromatic N) is 4. The van der Waals surface area contributed by atoms with E-state index in [4.69, 9.17) is 9.47 Å². The summed E-state index contributed by atoms with van der Waals surface area (Å²) >= 11 is 0. The van der Waals surface area contributed by atoms with Gasteiger partial charge in [-0.3, -0.25) is 18.7 Å². The Kier molecular flexibility index (Phi) is 5.69. The minimum atomic E-state index is -0.474. The molecule has 9 nitrogen and oxygen atoms in total. The maximum Gasteiger partial charge on any atom is 0.332 e. The molecule has 0 N–H and O–H groups in total. The molecule has 0 aliphatic carbocycles. The van der Waals surface area contributed by atoms with Gasteiger partial charge in [-0.05, 0) is 42.3 Å². The second-order valence-electron chi connectivity index (χ2n) is 7.62. The Balaban J connectivity index is 1.91. The van der Waals surface area contributed by atoms with Crippen molar-refractivity contribution in [3.05, 3.63) is 68.4 Å². The van der Waals surface area contributed by atoms with Gasteiger partial charge in [0, 0.05) is 13.1 Å². The molecule has 2 aromatic carbocycles. The first kappa shape index (κ1) is 21.2. The second kappa shape index (κ2) is 8.59. The van der Waals surface area contributed by atoms with E-state index in [1.165, 1.54) is 20.3 Å². The van der Waals surface area contributed by atoms with Gasteiger partial charge in [0.2, 0.25) is 6.41 Å². The van der Waals surface area contributed by atoms with Gasteiger partial charge in [-0.15, -0.1) is 0 Å². The lowest BCUT2D eigenvalue weighted by atomic mass is 10.1. The zero-order chi connectivity index (χ0) is 22.8. The number of carbonyl (C=O) groups is 1. The summed E-state index contributed by atoms with van der Waals surface area (Å²) in [5.74, 6) is 1.03. The van der Waals surface area contributed by atoms with E-state index < -0.39 is 11.2 Å². The quantitative estimate of drug-likeness (QED) is 0.545. The van der Waals surface area contributed by atoms with E-state index in [1.807, 2.05) is 6.07 Å². The van der Waals surface area contributed by atoms with Crippen molar-refractivity contribution >= 4 is 17.3 Å². The van der Waals surface area contributed by atoms with Gasteiger partial charge in [-0.25, -0.2) is 4.79 Å². The highest BCUT2D eigenvalue weighted by Gasteiger charge is 2.27. The summed E-state index contributed by atoms with van der Waals surface area (Å²) in [6.45, 7) is 0.940. The van der Waals surface area contributed by atoms with Crippen molar-refractivity contribution in [2.45, 2.75) is 19.0 Å². The number of hydrogen-bond acceptors (Lipinski definition) is 6. The fraction of sp³-hybridized carbons (Fsp3) is 0.304. The molecule has 0 radical (unpaired) electrons. The summed E-state index contributed by atoms with van der Waals surface area (Å²) in [5.41, 5.74) is 0.543. The summed E-state index contributed by atoms with van der Waals surface area (Å²) in [4.78, 5) is 39.6. The van der Waals surface area contributed by atoms with Crippen molar-refractivity contribution in [2.24, 2.45) is 0 Å². The average molecular weight is 434 g/mol. The summed E-state index contributed by atoms with van der Waals surface area (Å²) in [7, 11) is 3.04. The van der Waals surface area contributed by atoms with Crippen LogP contribution in [0, 0.1) is 11.3 Å². The van der Waals surface area contributed by atoms with Crippen molar-refractivity contribution in [1.82, 2.24) is 14.0 Å². The molecule has 164 valence electrons. The summed E-state index contributed by atoms with van der Waals surface area (Å²) in [6, 6.07) is 11.7. The molecule has 0 saturated carbocycles.